The molecule has 3 N–H and O–H groups in total. The summed E-state index contributed by atoms with van der Waals surface area (Å²) in [5, 5.41) is 5.35. The molecule has 1 atom stereocenters. The number of hydrogen-bond donors (Lipinski definition) is 2. The van der Waals surface area contributed by atoms with Gasteiger partial charge < -0.3 is 16.0 Å². The number of piperidine rings is 1. The second kappa shape index (κ2) is 7.21. The summed E-state index contributed by atoms with van der Waals surface area (Å²) in [5.41, 5.74) is 6.45. The monoisotopic (exact) mass is 308 g/mol. The van der Waals surface area contributed by atoms with E-state index in [-0.39, 0.29) is 17.7 Å². The number of amides is 2. The Morgan fingerprint density at radius 1 is 1.67 bits per heavy atom. The number of carbonyl (C=O) groups is 2. The van der Waals surface area contributed by atoms with Crippen LogP contribution in [0.15, 0.2) is 18.0 Å². The van der Waals surface area contributed by atoms with Crippen molar-refractivity contribution >= 4 is 28.3 Å². The Morgan fingerprint density at radius 2 is 2.48 bits per heavy atom. The summed E-state index contributed by atoms with van der Waals surface area (Å²) < 4.78 is 0. The van der Waals surface area contributed by atoms with Crippen molar-refractivity contribution in [3.8, 4) is 0 Å². The summed E-state index contributed by atoms with van der Waals surface area (Å²) in [5.74, 6) is -0.0418. The lowest BCUT2D eigenvalue weighted by molar-refractivity contribution is -0.137. The molecule has 1 aromatic rings. The van der Waals surface area contributed by atoms with E-state index in [9.17, 15) is 9.59 Å². The number of nitrogens with zero attached hydrogens (tertiary/aromatic N) is 2. The Morgan fingerprint density at radius 3 is 3.14 bits per heavy atom. The average Bonchev–Trinajstić information content (AvgIpc) is 2.87. The van der Waals surface area contributed by atoms with Crippen LogP contribution in [0.25, 0.3) is 0 Å². The molecule has 6 nitrogen and oxygen atoms in total. The van der Waals surface area contributed by atoms with Crippen molar-refractivity contribution in [1.82, 2.24) is 15.2 Å². The van der Waals surface area contributed by atoms with Gasteiger partial charge in [-0.25, -0.2) is 4.98 Å². The molecule has 2 rings (SSSR count). The summed E-state index contributed by atoms with van der Waals surface area (Å²) in [7, 11) is 0. The van der Waals surface area contributed by atoms with E-state index in [0.717, 1.165) is 5.69 Å². The number of aromatic nitrogens is 1. The Bertz CT molecular complexity index is 529. The highest BCUT2D eigenvalue weighted by molar-refractivity contribution is 7.13. The van der Waals surface area contributed by atoms with E-state index in [1.165, 1.54) is 11.3 Å². The van der Waals surface area contributed by atoms with Crippen LogP contribution in [0, 0.1) is 5.92 Å². The predicted molar refractivity (Wildman–Crippen MR) is 82.7 cm³/mol. The van der Waals surface area contributed by atoms with Gasteiger partial charge in [-0.05, 0) is 6.42 Å². The molecule has 114 valence electrons. The standard InChI is InChI=1S/C14H20N4O2S/c1-2-7-18-8-10(3-4-12(18)19)13(20)16-6-5-11-9-21-14(15)17-11/h2,9-10H,1,3-8H2,(H2,15,17)(H,16,20)/t10-/m1/s1. The van der Waals surface area contributed by atoms with E-state index in [0.29, 0.717) is 44.0 Å². The first-order valence-electron chi connectivity index (χ1n) is 6.96. The van der Waals surface area contributed by atoms with Gasteiger partial charge in [0.05, 0.1) is 11.6 Å². The van der Waals surface area contributed by atoms with E-state index in [1.54, 1.807) is 11.0 Å². The summed E-state index contributed by atoms with van der Waals surface area (Å²) in [4.78, 5) is 29.6. The third-order valence-electron chi connectivity index (χ3n) is 3.47. The second-order valence-electron chi connectivity index (χ2n) is 5.04. The lowest BCUT2D eigenvalue weighted by atomic mass is 9.96. The lowest BCUT2D eigenvalue weighted by Gasteiger charge is -2.31. The fourth-order valence-corrected chi connectivity index (χ4v) is 2.95. The topological polar surface area (TPSA) is 88.3 Å². The van der Waals surface area contributed by atoms with Crippen molar-refractivity contribution < 1.29 is 9.59 Å². The fourth-order valence-electron chi connectivity index (χ4n) is 2.36. The Labute approximate surface area is 128 Å². The smallest absolute Gasteiger partial charge is 0.224 e. The van der Waals surface area contributed by atoms with Crippen molar-refractivity contribution in [2.45, 2.75) is 19.3 Å². The van der Waals surface area contributed by atoms with Gasteiger partial charge in [0, 0.05) is 37.9 Å². The van der Waals surface area contributed by atoms with Crippen molar-refractivity contribution in [3.63, 3.8) is 0 Å². The van der Waals surface area contributed by atoms with E-state index in [4.69, 9.17) is 5.73 Å². The van der Waals surface area contributed by atoms with E-state index in [2.05, 4.69) is 16.9 Å². The summed E-state index contributed by atoms with van der Waals surface area (Å²) >= 11 is 1.40. The van der Waals surface area contributed by atoms with Crippen LogP contribution < -0.4 is 11.1 Å². The Kier molecular flexibility index (Phi) is 5.32. The molecule has 2 amide bonds. The largest absolute Gasteiger partial charge is 0.375 e. The number of anilines is 1. The molecule has 0 unspecified atom stereocenters. The molecule has 0 aliphatic carbocycles. The number of hydrogen-bond acceptors (Lipinski definition) is 5. The van der Waals surface area contributed by atoms with Crippen LogP contribution in [0.4, 0.5) is 5.13 Å². The second-order valence-corrected chi connectivity index (χ2v) is 5.93. The van der Waals surface area contributed by atoms with Crippen LogP contribution in [0.3, 0.4) is 0 Å². The maximum atomic E-state index is 12.1. The van der Waals surface area contributed by atoms with Crippen LogP contribution in [0.1, 0.15) is 18.5 Å². The zero-order chi connectivity index (χ0) is 15.2. The number of thiazole rings is 1. The van der Waals surface area contributed by atoms with Gasteiger partial charge in [0.15, 0.2) is 5.13 Å². The van der Waals surface area contributed by atoms with Gasteiger partial charge >= 0.3 is 0 Å². The number of nitrogens with one attached hydrogen (secondary N) is 1. The molecule has 1 fully saturated rings. The Hall–Kier alpha value is -1.89. The van der Waals surface area contributed by atoms with Crippen molar-refractivity contribution in [2.75, 3.05) is 25.4 Å². The third-order valence-corrected chi connectivity index (χ3v) is 4.19. The third kappa shape index (κ3) is 4.29. The predicted octanol–water partition coefficient (Wildman–Crippen LogP) is 0.809. The van der Waals surface area contributed by atoms with Gasteiger partial charge in [-0.3, -0.25) is 9.59 Å². The molecule has 0 saturated carbocycles. The molecule has 21 heavy (non-hydrogen) atoms. The molecule has 2 heterocycles. The van der Waals surface area contributed by atoms with Crippen molar-refractivity contribution in [1.29, 1.82) is 0 Å². The van der Waals surface area contributed by atoms with E-state index in [1.807, 2.05) is 5.38 Å². The minimum Gasteiger partial charge on any atom is -0.375 e. The maximum Gasteiger partial charge on any atom is 0.224 e. The van der Waals surface area contributed by atoms with Gasteiger partial charge in [0.2, 0.25) is 11.8 Å². The van der Waals surface area contributed by atoms with Gasteiger partial charge in [-0.15, -0.1) is 17.9 Å². The molecule has 1 aromatic heterocycles. The zero-order valence-electron chi connectivity index (χ0n) is 11.9. The molecule has 0 radical (unpaired) electrons. The van der Waals surface area contributed by atoms with Crippen LogP contribution >= 0.6 is 11.3 Å². The number of nitrogens with two attached hydrogens (primary N) is 1. The van der Waals surface area contributed by atoms with Gasteiger partial charge in [-0.1, -0.05) is 6.08 Å². The first-order chi connectivity index (χ1) is 10.1. The maximum absolute atomic E-state index is 12.1. The van der Waals surface area contributed by atoms with Crippen LogP contribution in [0.2, 0.25) is 0 Å². The highest BCUT2D eigenvalue weighted by atomic mass is 32.1. The minimum absolute atomic E-state index is 0.000219. The molecule has 7 heteroatoms. The van der Waals surface area contributed by atoms with Gasteiger partial charge in [-0.2, -0.15) is 0 Å². The zero-order valence-corrected chi connectivity index (χ0v) is 12.7. The van der Waals surface area contributed by atoms with Gasteiger partial charge in [0.25, 0.3) is 0 Å². The minimum atomic E-state index is -0.136. The molecule has 0 aromatic carbocycles. The number of carbonyl (C=O) groups excluding carboxylic acids is 2. The van der Waals surface area contributed by atoms with Gasteiger partial charge in [0.1, 0.15) is 0 Å². The van der Waals surface area contributed by atoms with E-state index >= 15 is 0 Å². The first-order valence-corrected chi connectivity index (χ1v) is 7.84. The first kappa shape index (κ1) is 15.5. The lowest BCUT2D eigenvalue weighted by Crippen LogP contribution is -2.46. The summed E-state index contributed by atoms with van der Waals surface area (Å²) in [6, 6.07) is 0. The molecule has 0 bridgehead atoms. The number of rotatable bonds is 6. The average molecular weight is 308 g/mol. The Balaban J connectivity index is 1.77. The quantitative estimate of drug-likeness (QED) is 0.761. The molecule has 1 aliphatic rings. The summed E-state index contributed by atoms with van der Waals surface area (Å²) in [6.45, 7) is 5.14. The molecule has 0 spiro atoms. The number of likely N-dealkylation sites (tertiary alicyclic amines) is 1. The highest BCUT2D eigenvalue weighted by Gasteiger charge is 2.29. The molecule has 1 saturated heterocycles. The normalized spacial score (nSPS) is 18.6. The highest BCUT2D eigenvalue weighted by Crippen LogP contribution is 2.17. The van der Waals surface area contributed by atoms with Crippen molar-refractivity contribution in [2.24, 2.45) is 5.92 Å². The van der Waals surface area contributed by atoms with Crippen molar-refractivity contribution in [3.05, 3.63) is 23.7 Å². The molecular formula is C14H20N4O2S. The molecule has 1 aliphatic heterocycles. The molecular weight excluding hydrogens is 288 g/mol. The summed E-state index contributed by atoms with van der Waals surface area (Å²) in [6.07, 6.45) is 3.39. The van der Waals surface area contributed by atoms with Crippen LogP contribution in [-0.2, 0) is 16.0 Å². The SMILES string of the molecule is C=CCN1C[C@H](C(=O)NCCc2csc(N)n2)CCC1=O. The number of nitrogen functional groups attached to an aromatic ring is 1. The van der Waals surface area contributed by atoms with Crippen LogP contribution in [0.5, 0.6) is 0 Å². The van der Waals surface area contributed by atoms with Crippen LogP contribution in [-0.4, -0.2) is 41.3 Å². The fraction of sp³-hybridized carbons (Fsp3) is 0.500. The van der Waals surface area contributed by atoms with E-state index < -0.39 is 0 Å².